The lowest BCUT2D eigenvalue weighted by molar-refractivity contribution is -0.140. The number of allylic oxidation sites excluding steroid dienone is 1. The molecule has 2 N–H and O–H groups in total. The zero-order valence-electron chi connectivity index (χ0n) is 26.2. The van der Waals surface area contributed by atoms with Gasteiger partial charge in [-0.25, -0.2) is 13.4 Å². The van der Waals surface area contributed by atoms with Crippen LogP contribution in [0.1, 0.15) is 64.2 Å². The molecular formula is C33H42N6O6S. The van der Waals surface area contributed by atoms with Crippen molar-refractivity contribution >= 4 is 44.6 Å². The van der Waals surface area contributed by atoms with Crippen LogP contribution >= 0.6 is 0 Å². The molecule has 1 aromatic carbocycles. The molecule has 4 fully saturated rings. The number of nitrogens with zero attached hydrogens (tertiary/aromatic N) is 4. The Morgan fingerprint density at radius 2 is 1.76 bits per heavy atom. The largest absolute Gasteiger partial charge is 0.474 e. The number of sulfonamides is 1. The van der Waals surface area contributed by atoms with Crippen molar-refractivity contribution in [2.75, 3.05) is 31.6 Å². The van der Waals surface area contributed by atoms with E-state index in [2.05, 4.69) is 14.9 Å². The van der Waals surface area contributed by atoms with Gasteiger partial charge in [0.25, 0.3) is 5.91 Å². The Balaban J connectivity index is 1.17. The van der Waals surface area contributed by atoms with Gasteiger partial charge in [-0.15, -0.1) is 0 Å². The van der Waals surface area contributed by atoms with Crippen LogP contribution in [0.15, 0.2) is 36.4 Å². The molecule has 5 aliphatic rings. The van der Waals surface area contributed by atoms with E-state index in [-0.39, 0.29) is 18.2 Å². The van der Waals surface area contributed by atoms with E-state index < -0.39 is 50.6 Å². The Labute approximate surface area is 269 Å². The van der Waals surface area contributed by atoms with Gasteiger partial charge in [0.05, 0.1) is 28.0 Å². The van der Waals surface area contributed by atoms with Crippen LogP contribution in [0.4, 0.5) is 5.95 Å². The number of para-hydroxylation sites is 1. The lowest BCUT2D eigenvalue weighted by Gasteiger charge is -2.26. The fourth-order valence-corrected chi connectivity index (χ4v) is 8.60. The number of fused-ring (bicyclic) bond motifs is 3. The van der Waals surface area contributed by atoms with Crippen LogP contribution in [-0.2, 0) is 24.4 Å². The van der Waals surface area contributed by atoms with Crippen molar-refractivity contribution < 1.29 is 27.5 Å². The third kappa shape index (κ3) is 6.05. The number of carbonyl (C=O) groups is 3. The normalized spacial score (nSPS) is 31.1. The van der Waals surface area contributed by atoms with Crippen LogP contribution in [0.5, 0.6) is 5.88 Å². The Hall–Kier alpha value is -3.74. The van der Waals surface area contributed by atoms with E-state index in [1.54, 1.807) is 11.9 Å². The summed E-state index contributed by atoms with van der Waals surface area (Å²) < 4.78 is 34.2. The summed E-state index contributed by atoms with van der Waals surface area (Å²) in [7, 11) is -2.04. The zero-order valence-corrected chi connectivity index (χ0v) is 27.0. The minimum atomic E-state index is -3.80. The van der Waals surface area contributed by atoms with E-state index in [0.717, 1.165) is 56.1 Å². The minimum absolute atomic E-state index is 0.133. The number of aromatic nitrogens is 2. The first-order valence-electron chi connectivity index (χ1n) is 16.6. The Kier molecular flexibility index (Phi) is 8.14. The van der Waals surface area contributed by atoms with Gasteiger partial charge in [0, 0.05) is 32.6 Å². The van der Waals surface area contributed by atoms with Gasteiger partial charge in [0.2, 0.25) is 33.7 Å². The summed E-state index contributed by atoms with van der Waals surface area (Å²) in [4.78, 5) is 54.9. The number of hydrogen-bond acceptors (Lipinski definition) is 9. The van der Waals surface area contributed by atoms with Gasteiger partial charge in [-0.05, 0) is 76.3 Å². The fourth-order valence-electron chi connectivity index (χ4n) is 7.23. The highest BCUT2D eigenvalue weighted by atomic mass is 32.2. The number of hydrogen-bond donors (Lipinski definition) is 2. The maximum Gasteiger partial charge on any atom is 0.259 e. The molecule has 0 unspecified atom stereocenters. The van der Waals surface area contributed by atoms with Gasteiger partial charge in [0.1, 0.15) is 11.6 Å². The van der Waals surface area contributed by atoms with Crippen molar-refractivity contribution in [1.29, 1.82) is 0 Å². The molecule has 5 atom stereocenters. The molecule has 3 heterocycles. The second kappa shape index (κ2) is 12.1. The highest BCUT2D eigenvalue weighted by Gasteiger charge is 2.62. The molecule has 0 radical (unpaired) electrons. The minimum Gasteiger partial charge on any atom is -0.474 e. The second-order valence-electron chi connectivity index (χ2n) is 13.6. The molecule has 2 aromatic rings. The molecule has 13 heteroatoms. The van der Waals surface area contributed by atoms with Gasteiger partial charge in [-0.1, -0.05) is 24.3 Å². The molecule has 46 heavy (non-hydrogen) atoms. The first-order chi connectivity index (χ1) is 22.1. The van der Waals surface area contributed by atoms with Gasteiger partial charge >= 0.3 is 0 Å². The fraction of sp³-hybridized carbons (Fsp3) is 0.606. The van der Waals surface area contributed by atoms with E-state index in [9.17, 15) is 22.8 Å². The van der Waals surface area contributed by atoms with Crippen LogP contribution in [0.3, 0.4) is 0 Å². The molecule has 7 rings (SSSR count). The van der Waals surface area contributed by atoms with Crippen molar-refractivity contribution in [1.82, 2.24) is 24.9 Å². The number of ether oxygens (including phenoxy) is 1. The number of amides is 3. The lowest BCUT2D eigenvalue weighted by Crippen LogP contribution is -2.54. The van der Waals surface area contributed by atoms with E-state index in [4.69, 9.17) is 14.7 Å². The first kappa shape index (κ1) is 30.9. The molecule has 0 bridgehead atoms. The third-order valence-corrected chi connectivity index (χ3v) is 12.0. The smallest absolute Gasteiger partial charge is 0.259 e. The molecule has 3 aliphatic carbocycles. The van der Waals surface area contributed by atoms with Crippen molar-refractivity contribution in [2.24, 2.45) is 17.8 Å². The summed E-state index contributed by atoms with van der Waals surface area (Å²) >= 11 is 0. The quantitative estimate of drug-likeness (QED) is 0.450. The molecule has 1 aromatic heterocycles. The van der Waals surface area contributed by atoms with Gasteiger partial charge in [0.15, 0.2) is 0 Å². The number of carbonyl (C=O) groups excluding carboxylic acids is 3. The van der Waals surface area contributed by atoms with Crippen molar-refractivity contribution in [2.45, 2.75) is 81.1 Å². The number of nitrogens with one attached hydrogen (secondary N) is 2. The summed E-state index contributed by atoms with van der Waals surface area (Å²) in [6.45, 7) is 2.33. The molecule has 2 aliphatic heterocycles. The molecule has 3 saturated carbocycles. The van der Waals surface area contributed by atoms with Crippen LogP contribution in [-0.4, -0.2) is 84.6 Å². The predicted molar refractivity (Wildman–Crippen MR) is 171 cm³/mol. The average molecular weight is 651 g/mol. The maximum absolute atomic E-state index is 14.1. The standard InChI is InChI=1S/C33H42N6O6S/c1-38-15-7-3-2-4-10-21-20-33(21,31(42)37-46(43,44)23-13-14-23)36-28(40)25-18-22(19-26(25)30(38)41)45-29-24-11-5-6-12-27(24)34-32(35-29)39-16-8-9-17-39/h4-6,10-12,21-23,25-26H,2-3,7-9,13-20H2,1H3,(H,36,40)(H,37,42)/b10-4-/t21-,22-,25-,26-,33-/m1/s1. The molecule has 1 saturated heterocycles. The van der Waals surface area contributed by atoms with Crippen LogP contribution < -0.4 is 19.7 Å². The summed E-state index contributed by atoms with van der Waals surface area (Å²) in [6, 6.07) is 7.67. The Morgan fingerprint density at radius 3 is 2.54 bits per heavy atom. The first-order valence-corrected chi connectivity index (χ1v) is 18.2. The van der Waals surface area contributed by atoms with Crippen LogP contribution in [0.25, 0.3) is 10.9 Å². The number of benzene rings is 1. The Morgan fingerprint density at radius 1 is 1.02 bits per heavy atom. The summed E-state index contributed by atoms with van der Waals surface area (Å²) in [5.74, 6) is -1.98. The molecular weight excluding hydrogens is 608 g/mol. The van der Waals surface area contributed by atoms with Gasteiger partial charge in [-0.3, -0.25) is 19.1 Å². The second-order valence-corrected chi connectivity index (χ2v) is 15.6. The van der Waals surface area contributed by atoms with Crippen molar-refractivity contribution in [3.05, 3.63) is 36.4 Å². The van der Waals surface area contributed by atoms with E-state index in [0.29, 0.717) is 44.1 Å². The predicted octanol–water partition coefficient (Wildman–Crippen LogP) is 2.69. The topological polar surface area (TPSA) is 151 Å². The summed E-state index contributed by atoms with van der Waals surface area (Å²) in [6.07, 6.45) is 9.92. The number of rotatable bonds is 6. The lowest BCUT2D eigenvalue weighted by atomic mass is 9.93. The van der Waals surface area contributed by atoms with E-state index in [1.165, 1.54) is 0 Å². The monoisotopic (exact) mass is 650 g/mol. The van der Waals surface area contributed by atoms with E-state index >= 15 is 0 Å². The zero-order chi connectivity index (χ0) is 32.1. The maximum atomic E-state index is 14.1. The highest BCUT2D eigenvalue weighted by molar-refractivity contribution is 7.91. The highest BCUT2D eigenvalue weighted by Crippen LogP contribution is 2.47. The third-order valence-electron chi connectivity index (χ3n) is 10.2. The van der Waals surface area contributed by atoms with Gasteiger partial charge in [-0.2, -0.15) is 4.98 Å². The molecule has 246 valence electrons. The van der Waals surface area contributed by atoms with Crippen LogP contribution in [0, 0.1) is 17.8 Å². The van der Waals surface area contributed by atoms with E-state index in [1.807, 2.05) is 36.4 Å². The molecule has 0 spiro atoms. The van der Waals surface area contributed by atoms with Crippen LogP contribution in [0.2, 0.25) is 0 Å². The summed E-state index contributed by atoms with van der Waals surface area (Å²) in [5, 5.41) is 3.14. The van der Waals surface area contributed by atoms with Gasteiger partial charge < -0.3 is 19.9 Å². The number of anilines is 1. The van der Waals surface area contributed by atoms with Crippen molar-refractivity contribution in [3.63, 3.8) is 0 Å². The SMILES string of the molecule is CN1CCCC/C=C\[C@@H]2C[C@@]2(C(=O)NS(=O)(=O)C2CC2)NC(=O)[C@@H]2C[C@@H](Oc3nc(N4CCCC4)nc4ccccc34)C[C@H]2C1=O. The van der Waals surface area contributed by atoms with Crippen molar-refractivity contribution in [3.8, 4) is 5.88 Å². The Bertz CT molecular complexity index is 1670. The molecule has 12 nitrogen and oxygen atoms in total. The molecule has 3 amide bonds. The average Bonchev–Trinajstić information content (AvgIpc) is 3.90. The summed E-state index contributed by atoms with van der Waals surface area (Å²) in [5.41, 5.74) is -0.604.